The zero-order valence-electron chi connectivity index (χ0n) is 10.7. The van der Waals surface area contributed by atoms with Gasteiger partial charge in [0.05, 0.1) is 12.4 Å². The summed E-state index contributed by atoms with van der Waals surface area (Å²) in [5.41, 5.74) is 6.34. The highest BCUT2D eigenvalue weighted by Crippen LogP contribution is 2.22. The van der Waals surface area contributed by atoms with Crippen LogP contribution in [0.1, 0.15) is 37.3 Å². The Labute approximate surface area is 105 Å². The van der Waals surface area contributed by atoms with E-state index in [0.29, 0.717) is 18.1 Å². The van der Waals surface area contributed by atoms with Crippen LogP contribution in [0.2, 0.25) is 0 Å². The van der Waals surface area contributed by atoms with Crippen LogP contribution >= 0.6 is 0 Å². The predicted octanol–water partition coefficient (Wildman–Crippen LogP) is 0.917. The fourth-order valence-electron chi connectivity index (χ4n) is 1.44. The van der Waals surface area contributed by atoms with Crippen LogP contribution in [0.5, 0.6) is 0 Å². The van der Waals surface area contributed by atoms with Crippen LogP contribution in [0.15, 0.2) is 17.0 Å². The quantitative estimate of drug-likeness (QED) is 0.819. The maximum absolute atomic E-state index is 6.00. The summed E-state index contributed by atoms with van der Waals surface area (Å²) in [6, 6.07) is -0.362. The standard InChI is InChI=1S/C11H17N5O2/c1-11(2,17-3)10-15-9(18-16-10)8(12)4-7-5-13-6-14-7/h5-6,8H,4,12H2,1-3H3,(H,13,14)/t8-/m1/s1. The van der Waals surface area contributed by atoms with Gasteiger partial charge in [-0.2, -0.15) is 4.98 Å². The average molecular weight is 251 g/mol. The van der Waals surface area contributed by atoms with Gasteiger partial charge in [0.25, 0.3) is 0 Å². The number of hydrogen-bond donors (Lipinski definition) is 2. The van der Waals surface area contributed by atoms with Crippen molar-refractivity contribution in [2.24, 2.45) is 5.73 Å². The van der Waals surface area contributed by atoms with Crippen LogP contribution in [0.4, 0.5) is 0 Å². The Bertz CT molecular complexity index is 491. The second-order valence-electron chi connectivity index (χ2n) is 4.56. The van der Waals surface area contributed by atoms with Crippen LogP contribution in [0.25, 0.3) is 0 Å². The molecule has 0 aliphatic heterocycles. The lowest BCUT2D eigenvalue weighted by atomic mass is 10.1. The molecular weight excluding hydrogens is 234 g/mol. The third kappa shape index (κ3) is 2.57. The molecule has 0 radical (unpaired) electrons. The lowest BCUT2D eigenvalue weighted by Crippen LogP contribution is -2.22. The first-order valence-electron chi connectivity index (χ1n) is 5.65. The van der Waals surface area contributed by atoms with E-state index in [2.05, 4.69) is 20.1 Å². The Morgan fingerprint density at radius 3 is 2.94 bits per heavy atom. The van der Waals surface area contributed by atoms with Crippen molar-refractivity contribution >= 4 is 0 Å². The summed E-state index contributed by atoms with van der Waals surface area (Å²) in [6.07, 6.45) is 3.89. The monoisotopic (exact) mass is 251 g/mol. The summed E-state index contributed by atoms with van der Waals surface area (Å²) in [5, 5.41) is 3.89. The maximum atomic E-state index is 6.00. The summed E-state index contributed by atoms with van der Waals surface area (Å²) < 4.78 is 10.4. The molecule has 0 unspecified atom stereocenters. The van der Waals surface area contributed by atoms with Gasteiger partial charge in [-0.15, -0.1) is 0 Å². The van der Waals surface area contributed by atoms with Gasteiger partial charge in [-0.05, 0) is 13.8 Å². The van der Waals surface area contributed by atoms with E-state index in [1.165, 1.54) is 0 Å². The number of ether oxygens (including phenoxy) is 1. The fraction of sp³-hybridized carbons (Fsp3) is 0.545. The first kappa shape index (κ1) is 12.7. The van der Waals surface area contributed by atoms with Gasteiger partial charge in [0, 0.05) is 25.4 Å². The van der Waals surface area contributed by atoms with Crippen LogP contribution in [0, 0.1) is 0 Å². The molecule has 0 amide bonds. The molecule has 2 aromatic heterocycles. The summed E-state index contributed by atoms with van der Waals surface area (Å²) >= 11 is 0. The van der Waals surface area contributed by atoms with Crippen LogP contribution in [0.3, 0.4) is 0 Å². The molecule has 0 fully saturated rings. The van der Waals surface area contributed by atoms with E-state index >= 15 is 0 Å². The molecule has 2 aromatic rings. The molecule has 7 heteroatoms. The number of nitrogens with one attached hydrogen (secondary N) is 1. The number of aromatic nitrogens is 4. The van der Waals surface area contributed by atoms with E-state index in [-0.39, 0.29) is 6.04 Å². The third-order valence-corrected chi connectivity index (χ3v) is 2.80. The minimum atomic E-state index is -0.588. The SMILES string of the molecule is COC(C)(C)c1noc([C@H](N)Cc2cnc[nH]2)n1. The highest BCUT2D eigenvalue weighted by atomic mass is 16.5. The van der Waals surface area contributed by atoms with E-state index < -0.39 is 5.60 Å². The molecule has 0 bridgehead atoms. The Hall–Kier alpha value is -1.73. The molecule has 0 aliphatic carbocycles. The largest absolute Gasteiger partial charge is 0.371 e. The molecule has 7 nitrogen and oxygen atoms in total. The second-order valence-corrected chi connectivity index (χ2v) is 4.56. The van der Waals surface area contributed by atoms with E-state index in [4.69, 9.17) is 15.0 Å². The molecule has 2 rings (SSSR count). The lowest BCUT2D eigenvalue weighted by molar-refractivity contribution is 0.00973. The molecule has 0 saturated heterocycles. The molecule has 1 atom stereocenters. The first-order valence-corrected chi connectivity index (χ1v) is 5.65. The summed E-state index contributed by atoms with van der Waals surface area (Å²) in [4.78, 5) is 11.2. The maximum Gasteiger partial charge on any atom is 0.244 e. The normalized spacial score (nSPS) is 13.8. The van der Waals surface area contributed by atoms with Crippen molar-refractivity contribution < 1.29 is 9.26 Å². The molecule has 98 valence electrons. The molecule has 18 heavy (non-hydrogen) atoms. The van der Waals surface area contributed by atoms with Crippen molar-refractivity contribution in [3.8, 4) is 0 Å². The average Bonchev–Trinajstić information content (AvgIpc) is 2.99. The van der Waals surface area contributed by atoms with Gasteiger partial charge in [0.1, 0.15) is 5.60 Å². The highest BCUT2D eigenvalue weighted by molar-refractivity contribution is 5.04. The van der Waals surface area contributed by atoms with E-state index in [1.807, 2.05) is 13.8 Å². The molecular formula is C11H17N5O2. The zero-order chi connectivity index (χ0) is 13.2. The summed E-state index contributed by atoms with van der Waals surface area (Å²) in [5.74, 6) is 0.879. The smallest absolute Gasteiger partial charge is 0.244 e. The number of aromatic amines is 1. The predicted molar refractivity (Wildman–Crippen MR) is 63.6 cm³/mol. The van der Waals surface area contributed by atoms with Gasteiger partial charge >= 0.3 is 0 Å². The minimum Gasteiger partial charge on any atom is -0.371 e. The number of nitrogens with two attached hydrogens (primary N) is 1. The molecule has 0 saturated carbocycles. The van der Waals surface area contributed by atoms with Crippen LogP contribution in [-0.4, -0.2) is 27.2 Å². The second kappa shape index (κ2) is 4.87. The number of nitrogens with zero attached hydrogens (tertiary/aromatic N) is 3. The Morgan fingerprint density at radius 2 is 2.33 bits per heavy atom. The summed E-state index contributed by atoms with van der Waals surface area (Å²) in [6.45, 7) is 3.73. The van der Waals surface area contributed by atoms with Gasteiger partial charge in [0.2, 0.25) is 11.7 Å². The lowest BCUT2D eigenvalue weighted by Gasteiger charge is -2.17. The first-order chi connectivity index (χ1) is 8.53. The van der Waals surface area contributed by atoms with Gasteiger partial charge in [0.15, 0.2) is 0 Å². The Morgan fingerprint density at radius 1 is 1.56 bits per heavy atom. The van der Waals surface area contributed by atoms with Crippen molar-refractivity contribution in [2.45, 2.75) is 31.9 Å². The number of methoxy groups -OCH3 is 1. The van der Waals surface area contributed by atoms with E-state index in [9.17, 15) is 0 Å². The van der Waals surface area contributed by atoms with Crippen molar-refractivity contribution in [1.82, 2.24) is 20.1 Å². The number of hydrogen-bond acceptors (Lipinski definition) is 6. The number of rotatable bonds is 5. The van der Waals surface area contributed by atoms with Gasteiger partial charge in [-0.25, -0.2) is 4.98 Å². The van der Waals surface area contributed by atoms with Crippen molar-refractivity contribution in [1.29, 1.82) is 0 Å². The summed E-state index contributed by atoms with van der Waals surface area (Å²) in [7, 11) is 1.60. The van der Waals surface area contributed by atoms with Gasteiger partial charge in [-0.1, -0.05) is 5.16 Å². The third-order valence-electron chi connectivity index (χ3n) is 2.80. The van der Waals surface area contributed by atoms with Gasteiger partial charge in [-0.3, -0.25) is 0 Å². The van der Waals surface area contributed by atoms with E-state index in [0.717, 1.165) is 5.69 Å². The van der Waals surface area contributed by atoms with Crippen LogP contribution < -0.4 is 5.73 Å². The van der Waals surface area contributed by atoms with Gasteiger partial charge < -0.3 is 20.0 Å². The molecule has 3 N–H and O–H groups in total. The molecule has 0 aliphatic rings. The Balaban J connectivity index is 2.10. The molecule has 0 aromatic carbocycles. The van der Waals surface area contributed by atoms with Crippen molar-refractivity contribution in [3.05, 3.63) is 29.9 Å². The van der Waals surface area contributed by atoms with Crippen molar-refractivity contribution in [3.63, 3.8) is 0 Å². The molecule has 0 spiro atoms. The minimum absolute atomic E-state index is 0.362. The number of H-pyrrole nitrogens is 1. The zero-order valence-corrected chi connectivity index (χ0v) is 10.7. The van der Waals surface area contributed by atoms with E-state index in [1.54, 1.807) is 19.6 Å². The van der Waals surface area contributed by atoms with Crippen molar-refractivity contribution in [2.75, 3.05) is 7.11 Å². The topological polar surface area (TPSA) is 103 Å². The number of imidazole rings is 1. The fourth-order valence-corrected chi connectivity index (χ4v) is 1.44. The molecule has 2 heterocycles. The highest BCUT2D eigenvalue weighted by Gasteiger charge is 2.27. The van der Waals surface area contributed by atoms with Crippen LogP contribution in [-0.2, 0) is 16.8 Å². The Kier molecular flexibility index (Phi) is 3.44.